The third-order valence-electron chi connectivity index (χ3n) is 5.06. The van der Waals surface area contributed by atoms with Crippen molar-refractivity contribution in [1.29, 1.82) is 0 Å². The number of piperidine rings is 1. The van der Waals surface area contributed by atoms with E-state index in [0.717, 1.165) is 49.0 Å². The quantitative estimate of drug-likeness (QED) is 0.495. The number of anilines is 1. The lowest BCUT2D eigenvalue weighted by Crippen LogP contribution is -2.44. The number of benzene rings is 2. The Morgan fingerprint density at radius 1 is 1.04 bits per heavy atom. The lowest BCUT2D eigenvalue weighted by molar-refractivity contribution is -0.116. The molecule has 0 bridgehead atoms. The summed E-state index contributed by atoms with van der Waals surface area (Å²) >= 11 is 0. The van der Waals surface area contributed by atoms with E-state index in [0.29, 0.717) is 6.42 Å². The molecule has 0 aromatic heterocycles. The standard InChI is InChI=1S/C24H27NO2/c1-2-10-23(26)20-13-6-7-14-21(20)25-18-9-8-15-22(25)24(27)17-16-19-11-4-3-5-12-19/h3-7,11-14,16-17,22H,2,8-10,15,18H2,1H3/b17-16+. The largest absolute Gasteiger partial charge is 0.361 e. The van der Waals surface area contributed by atoms with Crippen LogP contribution in [-0.2, 0) is 4.79 Å². The molecule has 140 valence electrons. The van der Waals surface area contributed by atoms with E-state index in [9.17, 15) is 9.59 Å². The fraction of sp³-hybridized carbons (Fsp3) is 0.333. The van der Waals surface area contributed by atoms with E-state index in [2.05, 4.69) is 4.90 Å². The minimum absolute atomic E-state index is 0.108. The summed E-state index contributed by atoms with van der Waals surface area (Å²) in [6.45, 7) is 2.83. The lowest BCUT2D eigenvalue weighted by Gasteiger charge is -2.37. The Morgan fingerprint density at radius 3 is 2.56 bits per heavy atom. The first-order chi connectivity index (χ1) is 13.2. The molecule has 1 aliphatic rings. The highest BCUT2D eigenvalue weighted by atomic mass is 16.1. The van der Waals surface area contributed by atoms with Gasteiger partial charge >= 0.3 is 0 Å². The summed E-state index contributed by atoms with van der Waals surface area (Å²) in [5.74, 6) is 0.265. The van der Waals surface area contributed by atoms with Crippen LogP contribution >= 0.6 is 0 Å². The molecule has 1 atom stereocenters. The summed E-state index contributed by atoms with van der Waals surface area (Å²) in [6, 6.07) is 17.4. The van der Waals surface area contributed by atoms with Gasteiger partial charge in [-0.05, 0) is 49.5 Å². The lowest BCUT2D eigenvalue weighted by atomic mass is 9.94. The third-order valence-corrected chi connectivity index (χ3v) is 5.06. The first-order valence-corrected chi connectivity index (χ1v) is 9.86. The summed E-state index contributed by atoms with van der Waals surface area (Å²) in [6.07, 6.45) is 7.85. The maximum Gasteiger partial charge on any atom is 0.178 e. The zero-order valence-corrected chi connectivity index (χ0v) is 15.9. The van der Waals surface area contributed by atoms with Gasteiger partial charge in [-0.25, -0.2) is 0 Å². The Hall–Kier alpha value is -2.68. The Morgan fingerprint density at radius 2 is 1.78 bits per heavy atom. The van der Waals surface area contributed by atoms with Crippen molar-refractivity contribution < 1.29 is 9.59 Å². The van der Waals surface area contributed by atoms with Crippen molar-refractivity contribution >= 4 is 23.3 Å². The zero-order valence-electron chi connectivity index (χ0n) is 15.9. The van der Waals surface area contributed by atoms with Crippen molar-refractivity contribution in [2.45, 2.75) is 45.1 Å². The molecule has 3 nitrogen and oxygen atoms in total. The Kier molecular flexibility index (Phi) is 6.59. The number of carbonyl (C=O) groups excluding carboxylic acids is 2. The van der Waals surface area contributed by atoms with E-state index in [1.807, 2.05) is 67.6 Å². The molecule has 27 heavy (non-hydrogen) atoms. The molecule has 0 radical (unpaired) electrons. The predicted molar refractivity (Wildman–Crippen MR) is 111 cm³/mol. The van der Waals surface area contributed by atoms with Crippen LogP contribution in [0, 0.1) is 0 Å². The van der Waals surface area contributed by atoms with Gasteiger partial charge in [0.2, 0.25) is 0 Å². The van der Waals surface area contributed by atoms with Gasteiger partial charge in [-0.15, -0.1) is 0 Å². The average Bonchev–Trinajstić information content (AvgIpc) is 2.73. The number of carbonyl (C=O) groups is 2. The fourth-order valence-electron chi connectivity index (χ4n) is 3.69. The molecule has 0 amide bonds. The first-order valence-electron chi connectivity index (χ1n) is 9.86. The van der Waals surface area contributed by atoms with Gasteiger partial charge in [-0.2, -0.15) is 0 Å². The highest BCUT2D eigenvalue weighted by Crippen LogP contribution is 2.29. The maximum atomic E-state index is 12.9. The number of hydrogen-bond acceptors (Lipinski definition) is 3. The second-order valence-electron chi connectivity index (χ2n) is 7.04. The van der Waals surface area contributed by atoms with Gasteiger partial charge in [0.25, 0.3) is 0 Å². The molecule has 1 unspecified atom stereocenters. The molecule has 1 aliphatic heterocycles. The van der Waals surface area contributed by atoms with Crippen LogP contribution in [0.3, 0.4) is 0 Å². The molecular weight excluding hydrogens is 334 g/mol. The van der Waals surface area contributed by atoms with Gasteiger partial charge in [-0.1, -0.05) is 55.5 Å². The zero-order chi connectivity index (χ0) is 19.1. The average molecular weight is 361 g/mol. The van der Waals surface area contributed by atoms with Crippen molar-refractivity contribution in [3.8, 4) is 0 Å². The van der Waals surface area contributed by atoms with E-state index in [-0.39, 0.29) is 17.6 Å². The van der Waals surface area contributed by atoms with Gasteiger partial charge in [0, 0.05) is 24.2 Å². The van der Waals surface area contributed by atoms with Crippen LogP contribution in [0.15, 0.2) is 60.7 Å². The summed E-state index contributed by atoms with van der Waals surface area (Å²) in [7, 11) is 0. The molecule has 2 aromatic rings. The molecule has 0 spiro atoms. The molecule has 2 aromatic carbocycles. The van der Waals surface area contributed by atoms with Crippen LogP contribution in [0.4, 0.5) is 5.69 Å². The van der Waals surface area contributed by atoms with E-state index in [1.165, 1.54) is 0 Å². The molecule has 3 rings (SSSR count). The normalized spacial score (nSPS) is 17.2. The van der Waals surface area contributed by atoms with E-state index < -0.39 is 0 Å². The number of ketones is 2. The second kappa shape index (κ2) is 9.31. The van der Waals surface area contributed by atoms with Gasteiger partial charge in [0.15, 0.2) is 11.6 Å². The van der Waals surface area contributed by atoms with Crippen LogP contribution in [0.5, 0.6) is 0 Å². The van der Waals surface area contributed by atoms with Gasteiger partial charge in [0.05, 0.1) is 6.04 Å². The van der Waals surface area contributed by atoms with Gasteiger partial charge in [-0.3, -0.25) is 9.59 Å². The first kappa shape index (κ1) is 19.1. The molecule has 0 aliphatic carbocycles. The molecular formula is C24H27NO2. The number of para-hydroxylation sites is 1. The number of rotatable bonds is 7. The van der Waals surface area contributed by atoms with Crippen molar-refractivity contribution in [2.24, 2.45) is 0 Å². The maximum absolute atomic E-state index is 12.9. The number of nitrogens with zero attached hydrogens (tertiary/aromatic N) is 1. The van der Waals surface area contributed by atoms with E-state index in [4.69, 9.17) is 0 Å². The topological polar surface area (TPSA) is 37.4 Å². The number of Topliss-reactive ketones (excluding diaryl/α,β-unsaturated/α-hetero) is 1. The summed E-state index contributed by atoms with van der Waals surface area (Å²) in [5, 5.41) is 0. The van der Waals surface area contributed by atoms with Crippen LogP contribution in [0.2, 0.25) is 0 Å². The second-order valence-corrected chi connectivity index (χ2v) is 7.04. The minimum Gasteiger partial charge on any atom is -0.361 e. The predicted octanol–water partition coefficient (Wildman–Crippen LogP) is 5.31. The molecule has 1 saturated heterocycles. The molecule has 3 heteroatoms. The SMILES string of the molecule is CCCC(=O)c1ccccc1N1CCCCC1C(=O)/C=C/c1ccccc1. The van der Waals surface area contributed by atoms with Gasteiger partial charge < -0.3 is 4.90 Å². The molecule has 0 N–H and O–H groups in total. The highest BCUT2D eigenvalue weighted by Gasteiger charge is 2.29. The van der Waals surface area contributed by atoms with Crippen LogP contribution in [0.1, 0.15) is 54.9 Å². The molecule has 0 saturated carbocycles. The van der Waals surface area contributed by atoms with Crippen molar-refractivity contribution in [1.82, 2.24) is 0 Å². The third kappa shape index (κ3) is 4.73. The Labute approximate surface area is 161 Å². The minimum atomic E-state index is -0.200. The molecule has 1 fully saturated rings. The van der Waals surface area contributed by atoms with Crippen LogP contribution in [-0.4, -0.2) is 24.2 Å². The van der Waals surface area contributed by atoms with Crippen LogP contribution in [0.25, 0.3) is 6.08 Å². The Bertz CT molecular complexity index is 810. The summed E-state index contributed by atoms with van der Waals surface area (Å²) in [4.78, 5) is 27.7. The monoisotopic (exact) mass is 361 g/mol. The molecule has 1 heterocycles. The van der Waals surface area contributed by atoms with Crippen molar-refractivity contribution in [3.63, 3.8) is 0 Å². The summed E-state index contributed by atoms with van der Waals surface area (Å²) in [5.41, 5.74) is 2.67. The van der Waals surface area contributed by atoms with Crippen molar-refractivity contribution in [2.75, 3.05) is 11.4 Å². The van der Waals surface area contributed by atoms with E-state index >= 15 is 0 Å². The Balaban J connectivity index is 1.85. The van der Waals surface area contributed by atoms with E-state index in [1.54, 1.807) is 6.08 Å². The van der Waals surface area contributed by atoms with Gasteiger partial charge in [0.1, 0.15) is 0 Å². The van der Waals surface area contributed by atoms with Crippen molar-refractivity contribution in [3.05, 3.63) is 71.8 Å². The fourth-order valence-corrected chi connectivity index (χ4v) is 3.69. The smallest absolute Gasteiger partial charge is 0.178 e. The van der Waals surface area contributed by atoms with Crippen LogP contribution < -0.4 is 4.90 Å². The summed E-state index contributed by atoms with van der Waals surface area (Å²) < 4.78 is 0. The highest BCUT2D eigenvalue weighted by molar-refractivity contribution is 6.04. The number of hydrogen-bond donors (Lipinski definition) is 0.